The van der Waals surface area contributed by atoms with Gasteiger partial charge < -0.3 is 19.3 Å². The second-order valence-electron chi connectivity index (χ2n) is 8.75. The number of methoxy groups -OCH3 is 2. The van der Waals surface area contributed by atoms with Gasteiger partial charge in [-0.2, -0.15) is 5.26 Å². The lowest BCUT2D eigenvalue weighted by molar-refractivity contribution is -0.132. The third-order valence-electron chi connectivity index (χ3n) is 6.02. The number of halogens is 1. The third kappa shape index (κ3) is 4.89. The quantitative estimate of drug-likeness (QED) is 0.238. The summed E-state index contributed by atoms with van der Waals surface area (Å²) in [5.74, 6) is -1.03. The number of nitriles is 1. The second kappa shape index (κ2) is 10.9. The Morgan fingerprint density at radius 1 is 1.00 bits per heavy atom. The molecule has 1 aliphatic heterocycles. The minimum atomic E-state index is -0.985. The first-order chi connectivity index (χ1) is 18.2. The maximum Gasteiger partial charge on any atom is 0.300 e. The summed E-state index contributed by atoms with van der Waals surface area (Å²) in [6.45, 7) is 3.81. The molecule has 1 atom stereocenters. The highest BCUT2D eigenvalue weighted by Gasteiger charge is 2.47. The molecule has 1 N–H and O–H groups in total. The van der Waals surface area contributed by atoms with E-state index in [2.05, 4.69) is 0 Å². The summed E-state index contributed by atoms with van der Waals surface area (Å²) in [5.41, 5.74) is 1.33. The molecule has 4 rings (SSSR count). The van der Waals surface area contributed by atoms with Crippen LogP contribution >= 0.6 is 11.6 Å². The minimum Gasteiger partial charge on any atom is -0.507 e. The van der Waals surface area contributed by atoms with Gasteiger partial charge in [0.05, 0.1) is 54.2 Å². The molecule has 3 aromatic carbocycles. The molecule has 1 amide bonds. The Hall–Kier alpha value is -4.48. The van der Waals surface area contributed by atoms with Gasteiger partial charge in [-0.25, -0.2) is 0 Å². The fraction of sp³-hybridized carbons (Fsp3) is 0.207. The fourth-order valence-corrected chi connectivity index (χ4v) is 4.54. The van der Waals surface area contributed by atoms with E-state index < -0.39 is 23.5 Å². The molecule has 1 saturated heterocycles. The maximum atomic E-state index is 13.4. The SMILES string of the molecule is COc1cc(OC)c(/C(O)=C2\C(=O)C(=O)N(c3ccc(C#N)cc3)C2c2ccc(OC(C)C)cc2)cc1Cl. The van der Waals surface area contributed by atoms with Crippen LogP contribution in [0.25, 0.3) is 5.76 Å². The first-order valence-electron chi connectivity index (χ1n) is 11.7. The highest BCUT2D eigenvalue weighted by Crippen LogP contribution is 2.45. The van der Waals surface area contributed by atoms with Gasteiger partial charge in [-0.05, 0) is 61.9 Å². The number of carbonyl (C=O) groups is 2. The summed E-state index contributed by atoms with van der Waals surface area (Å²) in [6.07, 6.45) is -0.0441. The summed E-state index contributed by atoms with van der Waals surface area (Å²) >= 11 is 6.32. The van der Waals surface area contributed by atoms with E-state index >= 15 is 0 Å². The van der Waals surface area contributed by atoms with Crippen molar-refractivity contribution in [2.24, 2.45) is 0 Å². The van der Waals surface area contributed by atoms with Crippen molar-refractivity contribution < 1.29 is 28.9 Å². The third-order valence-corrected chi connectivity index (χ3v) is 6.31. The molecule has 0 radical (unpaired) electrons. The van der Waals surface area contributed by atoms with Crippen molar-refractivity contribution in [1.82, 2.24) is 0 Å². The van der Waals surface area contributed by atoms with E-state index in [0.29, 0.717) is 28.3 Å². The number of ketones is 1. The molecular formula is C29H25ClN2O6. The van der Waals surface area contributed by atoms with E-state index in [1.807, 2.05) is 19.9 Å². The molecule has 3 aromatic rings. The van der Waals surface area contributed by atoms with Gasteiger partial charge in [-0.3, -0.25) is 14.5 Å². The molecule has 38 heavy (non-hydrogen) atoms. The van der Waals surface area contributed by atoms with Crippen LogP contribution in [0.2, 0.25) is 5.02 Å². The van der Waals surface area contributed by atoms with Gasteiger partial charge in [0.25, 0.3) is 11.7 Å². The zero-order valence-corrected chi connectivity index (χ0v) is 21.9. The lowest BCUT2D eigenvalue weighted by atomic mass is 9.94. The Balaban J connectivity index is 1.94. The van der Waals surface area contributed by atoms with Crippen molar-refractivity contribution in [1.29, 1.82) is 5.26 Å². The number of rotatable bonds is 7. The van der Waals surface area contributed by atoms with Crippen LogP contribution in [-0.2, 0) is 9.59 Å². The van der Waals surface area contributed by atoms with E-state index in [1.165, 1.54) is 31.3 Å². The number of benzene rings is 3. The smallest absolute Gasteiger partial charge is 0.300 e. The Morgan fingerprint density at radius 3 is 2.18 bits per heavy atom. The van der Waals surface area contributed by atoms with Gasteiger partial charge in [0.15, 0.2) is 0 Å². The van der Waals surface area contributed by atoms with Crippen LogP contribution in [0, 0.1) is 11.3 Å². The van der Waals surface area contributed by atoms with E-state index in [-0.39, 0.29) is 28.0 Å². The standard InChI is InChI=1S/C29H25ClN2O6/c1-16(2)38-20-11-7-18(8-12-20)26-25(27(33)21-13-22(30)24(37-4)14-23(21)36-3)28(34)29(35)32(26)19-9-5-17(15-31)6-10-19/h5-14,16,26,33H,1-4H3/b27-25+. The summed E-state index contributed by atoms with van der Waals surface area (Å²) in [4.78, 5) is 28.1. The average molecular weight is 533 g/mol. The summed E-state index contributed by atoms with van der Waals surface area (Å²) in [6, 6.07) is 17.2. The summed E-state index contributed by atoms with van der Waals surface area (Å²) < 4.78 is 16.4. The van der Waals surface area contributed by atoms with Gasteiger partial charge in [-0.15, -0.1) is 0 Å². The summed E-state index contributed by atoms with van der Waals surface area (Å²) in [7, 11) is 2.84. The van der Waals surface area contributed by atoms with Crippen LogP contribution in [0.1, 0.15) is 36.6 Å². The molecule has 1 heterocycles. The molecule has 0 saturated carbocycles. The Kier molecular flexibility index (Phi) is 7.60. The average Bonchev–Trinajstić information content (AvgIpc) is 3.18. The van der Waals surface area contributed by atoms with E-state index in [9.17, 15) is 20.0 Å². The largest absolute Gasteiger partial charge is 0.507 e. The molecule has 0 spiro atoms. The molecule has 1 aliphatic rings. The molecule has 0 aliphatic carbocycles. The van der Waals surface area contributed by atoms with E-state index in [0.717, 1.165) is 0 Å². The van der Waals surface area contributed by atoms with Gasteiger partial charge in [0.2, 0.25) is 0 Å². The molecule has 0 aromatic heterocycles. The van der Waals surface area contributed by atoms with Crippen LogP contribution in [0.5, 0.6) is 17.2 Å². The van der Waals surface area contributed by atoms with Crippen molar-refractivity contribution in [2.45, 2.75) is 26.0 Å². The van der Waals surface area contributed by atoms with Crippen LogP contribution in [-0.4, -0.2) is 37.1 Å². The lowest BCUT2D eigenvalue weighted by Crippen LogP contribution is -2.29. The number of amides is 1. The first-order valence-corrected chi connectivity index (χ1v) is 12.1. The maximum absolute atomic E-state index is 13.4. The van der Waals surface area contributed by atoms with Crippen molar-refractivity contribution >= 4 is 34.7 Å². The number of ether oxygens (including phenoxy) is 3. The number of aliphatic hydroxyl groups is 1. The van der Waals surface area contributed by atoms with Gasteiger partial charge in [0.1, 0.15) is 23.0 Å². The molecule has 8 nitrogen and oxygen atoms in total. The Morgan fingerprint density at radius 2 is 1.63 bits per heavy atom. The van der Waals surface area contributed by atoms with Crippen LogP contribution < -0.4 is 19.1 Å². The van der Waals surface area contributed by atoms with Gasteiger partial charge in [-0.1, -0.05) is 23.7 Å². The van der Waals surface area contributed by atoms with Gasteiger partial charge in [0, 0.05) is 11.8 Å². The van der Waals surface area contributed by atoms with Crippen molar-refractivity contribution in [2.75, 3.05) is 19.1 Å². The van der Waals surface area contributed by atoms with Gasteiger partial charge >= 0.3 is 0 Å². The van der Waals surface area contributed by atoms with Crippen LogP contribution in [0.4, 0.5) is 5.69 Å². The predicted octanol–water partition coefficient (Wildman–Crippen LogP) is 5.64. The fourth-order valence-electron chi connectivity index (χ4n) is 4.30. The van der Waals surface area contributed by atoms with E-state index in [4.69, 9.17) is 25.8 Å². The van der Waals surface area contributed by atoms with Crippen molar-refractivity contribution in [3.05, 3.63) is 87.9 Å². The molecule has 1 unspecified atom stereocenters. The van der Waals surface area contributed by atoms with Crippen molar-refractivity contribution in [3.8, 4) is 23.3 Å². The number of carbonyl (C=O) groups excluding carboxylic acids is 2. The molecule has 1 fully saturated rings. The molecular weight excluding hydrogens is 508 g/mol. The highest BCUT2D eigenvalue weighted by molar-refractivity contribution is 6.51. The number of hydrogen-bond donors (Lipinski definition) is 1. The van der Waals surface area contributed by atoms with Crippen LogP contribution in [0.3, 0.4) is 0 Å². The number of Topliss-reactive ketones (excluding diaryl/α,β-unsaturated/α-hetero) is 1. The summed E-state index contributed by atoms with van der Waals surface area (Å²) in [5, 5.41) is 20.9. The Labute approximate surface area is 225 Å². The van der Waals surface area contributed by atoms with Crippen molar-refractivity contribution in [3.63, 3.8) is 0 Å². The molecule has 0 bridgehead atoms. The van der Waals surface area contributed by atoms with E-state index in [1.54, 1.807) is 48.5 Å². The zero-order valence-electron chi connectivity index (χ0n) is 21.2. The normalized spacial score (nSPS) is 16.4. The Bertz CT molecular complexity index is 1460. The number of hydrogen-bond acceptors (Lipinski definition) is 7. The zero-order chi connectivity index (χ0) is 27.6. The monoisotopic (exact) mass is 532 g/mol. The number of nitrogens with zero attached hydrogens (tertiary/aromatic N) is 2. The first kappa shape index (κ1) is 26.6. The highest BCUT2D eigenvalue weighted by atomic mass is 35.5. The number of anilines is 1. The number of aliphatic hydroxyl groups excluding tert-OH is 1. The molecule has 9 heteroatoms. The lowest BCUT2D eigenvalue weighted by Gasteiger charge is -2.26. The topological polar surface area (TPSA) is 109 Å². The van der Waals surface area contributed by atoms with Crippen LogP contribution in [0.15, 0.2) is 66.2 Å². The minimum absolute atomic E-state index is 0.0441. The molecule has 194 valence electrons. The second-order valence-corrected chi connectivity index (χ2v) is 9.16. The predicted molar refractivity (Wildman–Crippen MR) is 143 cm³/mol.